The Morgan fingerprint density at radius 2 is 1.72 bits per heavy atom. The zero-order valence-electron chi connectivity index (χ0n) is 18.6. The number of halogens is 8. The molecular formula is C21H21ClF7N3O3S. The lowest BCUT2D eigenvalue weighted by atomic mass is 9.88. The minimum absolute atomic E-state index is 0.000730. The number of hydrogen-bond donors (Lipinski definition) is 1. The number of nitrogens with zero attached hydrogens (tertiary/aromatic N) is 2. The Hall–Kier alpha value is -2.58. The Morgan fingerprint density at radius 1 is 1.14 bits per heavy atom. The number of nitrogens with one attached hydrogen (secondary N) is 1. The lowest BCUT2D eigenvalue weighted by Crippen LogP contribution is -2.60. The van der Waals surface area contributed by atoms with Crippen LogP contribution in [0.25, 0.3) is 0 Å². The van der Waals surface area contributed by atoms with Gasteiger partial charge in [-0.05, 0) is 50.1 Å². The van der Waals surface area contributed by atoms with E-state index < -0.39 is 55.7 Å². The molecule has 0 aliphatic carbocycles. The molecule has 3 rings (SSSR count). The molecule has 15 heteroatoms. The van der Waals surface area contributed by atoms with Gasteiger partial charge in [0.15, 0.2) is 5.54 Å². The zero-order chi connectivity index (χ0) is 27.0. The van der Waals surface area contributed by atoms with E-state index in [1.54, 1.807) is 0 Å². The number of ether oxygens (including phenoxy) is 1. The summed E-state index contributed by atoms with van der Waals surface area (Å²) in [5.41, 5.74) is -5.98. The molecule has 1 aromatic heterocycles. The first kappa shape index (κ1) is 28.0. The van der Waals surface area contributed by atoms with Gasteiger partial charge in [-0.3, -0.25) is 19.5 Å². The van der Waals surface area contributed by atoms with Gasteiger partial charge >= 0.3 is 10.2 Å². The van der Waals surface area contributed by atoms with Crippen molar-refractivity contribution in [3.8, 4) is 0 Å². The van der Waals surface area contributed by atoms with E-state index >= 15 is 0 Å². The molecule has 2 atom stereocenters. The van der Waals surface area contributed by atoms with Crippen LogP contribution in [0.1, 0.15) is 25.3 Å². The summed E-state index contributed by atoms with van der Waals surface area (Å²) in [5, 5.41) is 2.65. The van der Waals surface area contributed by atoms with Crippen molar-refractivity contribution in [1.29, 1.82) is 0 Å². The first-order valence-electron chi connectivity index (χ1n) is 10.4. The number of anilines is 1. The van der Waals surface area contributed by atoms with Gasteiger partial charge in [-0.2, -0.15) is 0 Å². The van der Waals surface area contributed by atoms with E-state index in [-0.39, 0.29) is 17.7 Å². The molecule has 1 N–H and O–H groups in total. The van der Waals surface area contributed by atoms with Gasteiger partial charge in [-0.15, -0.1) is 0 Å². The normalized spacial score (nSPS) is 19.4. The fraction of sp³-hybridized carbons (Fsp3) is 0.381. The van der Waals surface area contributed by atoms with Gasteiger partial charge in [-0.1, -0.05) is 31.0 Å². The highest BCUT2D eigenvalue weighted by molar-refractivity contribution is 8.45. The summed E-state index contributed by atoms with van der Waals surface area (Å²) in [4.78, 5) is 28.2. The first-order chi connectivity index (χ1) is 16.4. The predicted octanol–water partition coefficient (Wildman–Crippen LogP) is 5.96. The summed E-state index contributed by atoms with van der Waals surface area (Å²) in [6.45, 7) is 1.68. The van der Waals surface area contributed by atoms with Gasteiger partial charge in [0.25, 0.3) is 17.4 Å². The molecule has 1 aliphatic rings. The van der Waals surface area contributed by atoms with E-state index in [0.29, 0.717) is 43.1 Å². The SMILES string of the molecule is CC(C(=O)NC1CCOCC1)(c1cncc(F)c1)N(C(=O)[C@H](F)Cl)c1ccc(S(F)(F)(F)(F)F)cc1. The molecule has 1 aromatic carbocycles. The van der Waals surface area contributed by atoms with E-state index in [2.05, 4.69) is 10.3 Å². The molecule has 2 amide bonds. The Morgan fingerprint density at radius 3 is 2.22 bits per heavy atom. The standard InChI is InChI=1S/C21H21ClF7N3O3S/c1-21(13-10-14(23)12-30-11-13,20(34)31-15-6-8-35-9-7-15)32(19(33)18(22)24)16-2-4-17(5-3-16)36(25,26,27,28)29/h2-5,10-12,15,18H,6-9H2,1H3,(H,31,34)/t18-,21?/m0/s1. The summed E-state index contributed by atoms with van der Waals surface area (Å²) in [6.07, 6.45) is 2.53. The fourth-order valence-electron chi connectivity index (χ4n) is 3.76. The number of carbonyl (C=O) groups is 2. The van der Waals surface area contributed by atoms with Crippen LogP contribution in [-0.4, -0.2) is 41.7 Å². The Bertz CT molecular complexity index is 1150. The van der Waals surface area contributed by atoms with E-state index in [1.807, 2.05) is 0 Å². The quantitative estimate of drug-likeness (QED) is 0.333. The van der Waals surface area contributed by atoms with Gasteiger partial charge in [0.2, 0.25) is 0 Å². The van der Waals surface area contributed by atoms with Crippen molar-refractivity contribution in [1.82, 2.24) is 10.3 Å². The summed E-state index contributed by atoms with van der Waals surface area (Å²) >= 11 is 5.35. The van der Waals surface area contributed by atoms with Crippen molar-refractivity contribution < 1.29 is 42.5 Å². The molecule has 0 radical (unpaired) electrons. The van der Waals surface area contributed by atoms with Crippen LogP contribution in [0.4, 0.5) is 33.9 Å². The minimum atomic E-state index is -10.1. The molecule has 200 valence electrons. The molecule has 1 aliphatic heterocycles. The molecule has 2 heterocycles. The Labute approximate surface area is 206 Å². The number of hydrogen-bond acceptors (Lipinski definition) is 4. The second kappa shape index (κ2) is 9.06. The lowest BCUT2D eigenvalue weighted by Gasteiger charge is -2.42. The second-order valence-corrected chi connectivity index (χ2v) is 11.1. The smallest absolute Gasteiger partial charge is 0.310 e. The van der Waals surface area contributed by atoms with E-state index in [9.17, 15) is 37.8 Å². The van der Waals surface area contributed by atoms with E-state index in [0.717, 1.165) is 25.4 Å². The van der Waals surface area contributed by atoms with Crippen LogP contribution in [0.15, 0.2) is 47.6 Å². The number of carbonyl (C=O) groups excluding carboxylic acids is 2. The summed E-state index contributed by atoms with van der Waals surface area (Å²) in [7, 11) is -10.1. The monoisotopic (exact) mass is 563 g/mol. The maximum atomic E-state index is 14.1. The summed E-state index contributed by atoms with van der Waals surface area (Å²) in [5.74, 6) is -3.51. The zero-order valence-corrected chi connectivity index (χ0v) is 20.1. The van der Waals surface area contributed by atoms with Crippen molar-refractivity contribution >= 4 is 39.3 Å². The molecule has 2 aromatic rings. The number of amides is 2. The Kier molecular flexibility index (Phi) is 7.05. The fourth-order valence-corrected chi connectivity index (χ4v) is 4.51. The minimum Gasteiger partial charge on any atom is -0.381 e. The van der Waals surface area contributed by atoms with Gasteiger partial charge < -0.3 is 10.1 Å². The highest BCUT2D eigenvalue weighted by Crippen LogP contribution is 3.02. The summed E-state index contributed by atoms with van der Waals surface area (Å²) in [6, 6.07) is 1.30. The molecule has 1 fully saturated rings. The van der Waals surface area contributed by atoms with Crippen molar-refractivity contribution in [2.75, 3.05) is 18.1 Å². The van der Waals surface area contributed by atoms with E-state index in [4.69, 9.17) is 16.3 Å². The van der Waals surface area contributed by atoms with Gasteiger partial charge in [0.1, 0.15) is 10.7 Å². The van der Waals surface area contributed by atoms with Crippen molar-refractivity contribution in [3.05, 3.63) is 54.1 Å². The second-order valence-electron chi connectivity index (χ2n) is 8.26. The molecular weight excluding hydrogens is 543 g/mol. The van der Waals surface area contributed by atoms with Gasteiger partial charge in [0.05, 0.1) is 6.20 Å². The third-order valence-electron chi connectivity index (χ3n) is 5.66. The molecule has 6 nitrogen and oxygen atoms in total. The number of rotatable bonds is 7. The number of pyridine rings is 1. The first-order valence-corrected chi connectivity index (χ1v) is 12.8. The highest BCUT2D eigenvalue weighted by atomic mass is 35.5. The summed E-state index contributed by atoms with van der Waals surface area (Å²) < 4.78 is 99.5. The van der Waals surface area contributed by atoms with Crippen LogP contribution in [0.3, 0.4) is 0 Å². The molecule has 1 unspecified atom stereocenters. The lowest BCUT2D eigenvalue weighted by molar-refractivity contribution is -0.132. The highest BCUT2D eigenvalue weighted by Gasteiger charge is 2.65. The van der Waals surface area contributed by atoms with Crippen LogP contribution in [-0.2, 0) is 19.9 Å². The molecule has 36 heavy (non-hydrogen) atoms. The van der Waals surface area contributed by atoms with E-state index in [1.165, 1.54) is 0 Å². The number of alkyl halides is 2. The molecule has 1 saturated heterocycles. The van der Waals surface area contributed by atoms with Crippen LogP contribution in [0.2, 0.25) is 0 Å². The largest absolute Gasteiger partial charge is 0.381 e. The van der Waals surface area contributed by atoms with Crippen LogP contribution in [0, 0.1) is 5.82 Å². The molecule has 0 bridgehead atoms. The van der Waals surface area contributed by atoms with Gasteiger partial charge in [0, 0.05) is 36.7 Å². The third-order valence-corrected chi connectivity index (χ3v) is 7.01. The topological polar surface area (TPSA) is 71.5 Å². The van der Waals surface area contributed by atoms with Crippen LogP contribution >= 0.6 is 21.8 Å². The average molecular weight is 564 g/mol. The number of aromatic nitrogens is 1. The Balaban J connectivity index is 2.18. The van der Waals surface area contributed by atoms with Crippen molar-refractivity contribution in [3.63, 3.8) is 0 Å². The van der Waals surface area contributed by atoms with Crippen molar-refractivity contribution in [2.45, 2.75) is 41.9 Å². The maximum absolute atomic E-state index is 14.1. The molecule has 0 spiro atoms. The average Bonchev–Trinajstić information content (AvgIpc) is 2.78. The maximum Gasteiger partial charge on any atom is 0.310 e. The van der Waals surface area contributed by atoms with Gasteiger partial charge in [-0.25, -0.2) is 8.78 Å². The third kappa shape index (κ3) is 6.03. The molecule has 0 saturated carbocycles. The predicted molar refractivity (Wildman–Crippen MR) is 120 cm³/mol. The van der Waals surface area contributed by atoms with Crippen LogP contribution in [0.5, 0.6) is 0 Å². The number of benzene rings is 1. The van der Waals surface area contributed by atoms with Crippen LogP contribution < -0.4 is 10.2 Å². The van der Waals surface area contributed by atoms with Crippen molar-refractivity contribution in [2.24, 2.45) is 0 Å².